The molecule has 4 rings (SSSR count). The number of hydrogen-bond acceptors (Lipinski definition) is 3. The standard InChI is InChI=1S/C20H17FN4/c1-14-22-10-11-25(14)19-8-6-15(12-17(19)21)13-23-20-9-7-16-4-2-3-5-18(16)24-20/h2-12H,13H2,1H3,(H,23,24). The number of anilines is 1. The van der Waals surface area contributed by atoms with Gasteiger partial charge in [-0.05, 0) is 42.8 Å². The van der Waals surface area contributed by atoms with Crippen molar-refractivity contribution in [3.05, 3.63) is 84.2 Å². The lowest BCUT2D eigenvalue weighted by molar-refractivity contribution is 0.614. The average molecular weight is 332 g/mol. The van der Waals surface area contributed by atoms with Gasteiger partial charge in [-0.1, -0.05) is 24.3 Å². The highest BCUT2D eigenvalue weighted by molar-refractivity contribution is 5.80. The number of halogens is 1. The summed E-state index contributed by atoms with van der Waals surface area (Å²) in [5.41, 5.74) is 2.29. The molecule has 2 heterocycles. The number of para-hydroxylation sites is 1. The molecular weight excluding hydrogens is 315 g/mol. The molecule has 2 aromatic carbocycles. The van der Waals surface area contributed by atoms with Crippen molar-refractivity contribution < 1.29 is 4.39 Å². The summed E-state index contributed by atoms with van der Waals surface area (Å²) in [7, 11) is 0. The Morgan fingerprint density at radius 3 is 2.76 bits per heavy atom. The SMILES string of the molecule is Cc1nccn1-c1ccc(CNc2ccc3ccccc3n2)cc1F. The van der Waals surface area contributed by atoms with Crippen LogP contribution in [0.25, 0.3) is 16.6 Å². The van der Waals surface area contributed by atoms with Crippen LogP contribution in [0.1, 0.15) is 11.4 Å². The lowest BCUT2D eigenvalue weighted by atomic mass is 10.2. The number of fused-ring (bicyclic) bond motifs is 1. The second kappa shape index (κ2) is 6.36. The topological polar surface area (TPSA) is 42.7 Å². The van der Waals surface area contributed by atoms with E-state index in [1.54, 1.807) is 29.1 Å². The highest BCUT2D eigenvalue weighted by Gasteiger charge is 2.08. The number of aromatic nitrogens is 3. The zero-order valence-corrected chi connectivity index (χ0v) is 13.8. The van der Waals surface area contributed by atoms with Crippen LogP contribution in [0.5, 0.6) is 0 Å². The maximum Gasteiger partial charge on any atom is 0.147 e. The Hall–Kier alpha value is -3.21. The molecule has 5 heteroatoms. The number of nitrogens with zero attached hydrogens (tertiary/aromatic N) is 3. The summed E-state index contributed by atoms with van der Waals surface area (Å²) in [6, 6.07) is 17.1. The molecule has 0 unspecified atom stereocenters. The minimum absolute atomic E-state index is 0.271. The Labute approximate surface area is 145 Å². The summed E-state index contributed by atoms with van der Waals surface area (Å²) in [5.74, 6) is 1.26. The number of aryl methyl sites for hydroxylation is 1. The Balaban J connectivity index is 1.52. The first-order valence-corrected chi connectivity index (χ1v) is 8.09. The van der Waals surface area contributed by atoms with Crippen molar-refractivity contribution >= 4 is 16.7 Å². The monoisotopic (exact) mass is 332 g/mol. The first-order chi connectivity index (χ1) is 12.2. The van der Waals surface area contributed by atoms with E-state index in [2.05, 4.69) is 15.3 Å². The smallest absolute Gasteiger partial charge is 0.147 e. The van der Waals surface area contributed by atoms with Gasteiger partial charge in [0.2, 0.25) is 0 Å². The molecule has 0 fully saturated rings. The normalized spacial score (nSPS) is 11.0. The predicted octanol–water partition coefficient (Wildman–Crippen LogP) is 4.48. The maximum atomic E-state index is 14.4. The number of nitrogens with one attached hydrogen (secondary N) is 1. The zero-order chi connectivity index (χ0) is 17.2. The van der Waals surface area contributed by atoms with Gasteiger partial charge in [0.1, 0.15) is 17.5 Å². The first kappa shape index (κ1) is 15.3. The number of rotatable bonds is 4. The Bertz CT molecular complexity index is 1040. The van der Waals surface area contributed by atoms with Crippen molar-refractivity contribution in [1.29, 1.82) is 0 Å². The van der Waals surface area contributed by atoms with Gasteiger partial charge in [0.05, 0.1) is 11.2 Å². The van der Waals surface area contributed by atoms with Crippen LogP contribution in [0.2, 0.25) is 0 Å². The molecule has 0 atom stereocenters. The molecule has 4 nitrogen and oxygen atoms in total. The van der Waals surface area contributed by atoms with Crippen molar-refractivity contribution in [2.24, 2.45) is 0 Å². The minimum Gasteiger partial charge on any atom is -0.366 e. The maximum absolute atomic E-state index is 14.4. The van der Waals surface area contributed by atoms with Gasteiger partial charge in [0.15, 0.2) is 0 Å². The van der Waals surface area contributed by atoms with Gasteiger partial charge in [-0.3, -0.25) is 0 Å². The molecule has 0 aliphatic rings. The van der Waals surface area contributed by atoms with E-state index in [1.807, 2.05) is 49.4 Å². The summed E-state index contributed by atoms with van der Waals surface area (Å²) in [4.78, 5) is 8.70. The van der Waals surface area contributed by atoms with E-state index >= 15 is 0 Å². The van der Waals surface area contributed by atoms with Gasteiger partial charge in [0, 0.05) is 24.3 Å². The summed E-state index contributed by atoms with van der Waals surface area (Å²) < 4.78 is 16.2. The van der Waals surface area contributed by atoms with Crippen LogP contribution in [0.3, 0.4) is 0 Å². The molecule has 25 heavy (non-hydrogen) atoms. The number of benzene rings is 2. The van der Waals surface area contributed by atoms with E-state index in [0.29, 0.717) is 12.2 Å². The van der Waals surface area contributed by atoms with E-state index in [1.165, 1.54) is 0 Å². The van der Waals surface area contributed by atoms with Crippen LogP contribution in [0, 0.1) is 12.7 Å². The molecule has 0 saturated heterocycles. The molecule has 0 aliphatic carbocycles. The molecule has 124 valence electrons. The summed E-state index contributed by atoms with van der Waals surface area (Å²) in [6.07, 6.45) is 3.42. The van der Waals surface area contributed by atoms with E-state index in [4.69, 9.17) is 0 Å². The van der Waals surface area contributed by atoms with Gasteiger partial charge in [0.25, 0.3) is 0 Å². The number of imidazole rings is 1. The van der Waals surface area contributed by atoms with Crippen molar-refractivity contribution in [3.8, 4) is 5.69 Å². The fourth-order valence-electron chi connectivity index (χ4n) is 2.85. The van der Waals surface area contributed by atoms with Crippen LogP contribution in [0.4, 0.5) is 10.2 Å². The van der Waals surface area contributed by atoms with E-state index in [9.17, 15) is 4.39 Å². The van der Waals surface area contributed by atoms with Crippen molar-refractivity contribution in [1.82, 2.24) is 14.5 Å². The molecular formula is C20H17FN4. The predicted molar refractivity (Wildman–Crippen MR) is 97.3 cm³/mol. The van der Waals surface area contributed by atoms with Crippen LogP contribution >= 0.6 is 0 Å². The first-order valence-electron chi connectivity index (χ1n) is 8.09. The van der Waals surface area contributed by atoms with Crippen molar-refractivity contribution in [2.75, 3.05) is 5.32 Å². The van der Waals surface area contributed by atoms with Crippen LogP contribution in [-0.4, -0.2) is 14.5 Å². The van der Waals surface area contributed by atoms with Gasteiger partial charge in [-0.15, -0.1) is 0 Å². The van der Waals surface area contributed by atoms with Crippen LogP contribution < -0.4 is 5.32 Å². The average Bonchev–Trinajstić information content (AvgIpc) is 3.05. The van der Waals surface area contributed by atoms with Crippen molar-refractivity contribution in [2.45, 2.75) is 13.5 Å². The number of hydrogen-bond donors (Lipinski definition) is 1. The third-order valence-electron chi connectivity index (χ3n) is 4.17. The Kier molecular flexibility index (Phi) is 3.90. The van der Waals surface area contributed by atoms with E-state index in [0.717, 1.165) is 28.1 Å². The molecule has 4 aromatic rings. The summed E-state index contributed by atoms with van der Waals surface area (Å²) in [5, 5.41) is 4.35. The quantitative estimate of drug-likeness (QED) is 0.599. The second-order valence-corrected chi connectivity index (χ2v) is 5.87. The molecule has 0 bridgehead atoms. The van der Waals surface area contributed by atoms with Crippen LogP contribution in [-0.2, 0) is 6.54 Å². The molecule has 0 aliphatic heterocycles. The third-order valence-corrected chi connectivity index (χ3v) is 4.17. The molecule has 0 spiro atoms. The number of pyridine rings is 1. The summed E-state index contributed by atoms with van der Waals surface area (Å²) in [6.45, 7) is 2.35. The molecule has 1 N–H and O–H groups in total. The summed E-state index contributed by atoms with van der Waals surface area (Å²) >= 11 is 0. The van der Waals surface area contributed by atoms with Gasteiger partial charge in [-0.25, -0.2) is 14.4 Å². The van der Waals surface area contributed by atoms with Crippen molar-refractivity contribution in [3.63, 3.8) is 0 Å². The van der Waals surface area contributed by atoms with Gasteiger partial charge < -0.3 is 9.88 Å². The molecule has 0 amide bonds. The Morgan fingerprint density at radius 2 is 1.96 bits per heavy atom. The third kappa shape index (κ3) is 3.08. The van der Waals surface area contributed by atoms with Gasteiger partial charge in [-0.2, -0.15) is 0 Å². The molecule has 2 aromatic heterocycles. The molecule has 0 saturated carbocycles. The lowest BCUT2D eigenvalue weighted by Gasteiger charge is -2.10. The minimum atomic E-state index is -0.271. The highest BCUT2D eigenvalue weighted by atomic mass is 19.1. The highest BCUT2D eigenvalue weighted by Crippen LogP contribution is 2.18. The van der Waals surface area contributed by atoms with Crippen LogP contribution in [0.15, 0.2) is 67.0 Å². The Morgan fingerprint density at radius 1 is 1.08 bits per heavy atom. The second-order valence-electron chi connectivity index (χ2n) is 5.87. The van der Waals surface area contributed by atoms with E-state index < -0.39 is 0 Å². The molecule has 0 radical (unpaired) electrons. The fraction of sp³-hybridized carbons (Fsp3) is 0.100. The fourth-order valence-corrected chi connectivity index (χ4v) is 2.85. The van der Waals surface area contributed by atoms with E-state index in [-0.39, 0.29) is 5.82 Å². The lowest BCUT2D eigenvalue weighted by Crippen LogP contribution is -2.04. The van der Waals surface area contributed by atoms with Gasteiger partial charge >= 0.3 is 0 Å². The zero-order valence-electron chi connectivity index (χ0n) is 13.8. The largest absolute Gasteiger partial charge is 0.366 e.